The molecule has 1 atom stereocenters. The van der Waals surface area contributed by atoms with E-state index >= 15 is 0 Å². The molecule has 1 fully saturated rings. The summed E-state index contributed by atoms with van der Waals surface area (Å²) in [6.45, 7) is 2.78. The summed E-state index contributed by atoms with van der Waals surface area (Å²) < 4.78 is 2.17. The lowest BCUT2D eigenvalue weighted by Crippen LogP contribution is -2.46. The van der Waals surface area contributed by atoms with Crippen LogP contribution >= 0.6 is 0 Å². The van der Waals surface area contributed by atoms with Crippen LogP contribution in [0.4, 0.5) is 4.79 Å². The quantitative estimate of drug-likeness (QED) is 0.788. The van der Waals surface area contributed by atoms with Gasteiger partial charge in [0.2, 0.25) is 0 Å². The first-order chi connectivity index (χ1) is 8.33. The van der Waals surface area contributed by atoms with Gasteiger partial charge in [0.15, 0.2) is 0 Å². The van der Waals surface area contributed by atoms with E-state index in [0.29, 0.717) is 0 Å². The van der Waals surface area contributed by atoms with E-state index in [9.17, 15) is 4.79 Å². The van der Waals surface area contributed by atoms with Crippen molar-refractivity contribution < 1.29 is 4.79 Å². The highest BCUT2D eigenvalue weighted by Gasteiger charge is 2.24. The Bertz CT molecular complexity index is 408. The third-order valence-electron chi connectivity index (χ3n) is 3.67. The lowest BCUT2D eigenvalue weighted by atomic mass is 10.1. The first-order valence-corrected chi connectivity index (χ1v) is 6.38. The summed E-state index contributed by atoms with van der Waals surface area (Å²) in [5.41, 5.74) is 0. The second kappa shape index (κ2) is 4.39. The molecule has 3 rings (SSSR count). The second-order valence-electron chi connectivity index (χ2n) is 4.87. The largest absolute Gasteiger partial charge is 0.335 e. The van der Waals surface area contributed by atoms with Crippen molar-refractivity contribution in [3.63, 3.8) is 0 Å². The Morgan fingerprint density at radius 1 is 1.35 bits per heavy atom. The van der Waals surface area contributed by atoms with Gasteiger partial charge in [-0.3, -0.25) is 0 Å². The molecule has 5 heteroatoms. The van der Waals surface area contributed by atoms with Crippen LogP contribution in [0.15, 0.2) is 12.4 Å². The highest BCUT2D eigenvalue weighted by molar-refractivity contribution is 5.74. The average Bonchev–Trinajstić information content (AvgIpc) is 2.99. The van der Waals surface area contributed by atoms with E-state index in [1.54, 1.807) is 0 Å². The summed E-state index contributed by atoms with van der Waals surface area (Å²) in [6.07, 6.45) is 7.98. The summed E-state index contributed by atoms with van der Waals surface area (Å²) in [5.74, 6) is 1.09. The summed E-state index contributed by atoms with van der Waals surface area (Å²) in [7, 11) is 0. The van der Waals surface area contributed by atoms with Crippen molar-refractivity contribution in [2.75, 3.05) is 13.1 Å². The Labute approximate surface area is 101 Å². The highest BCUT2D eigenvalue weighted by Crippen LogP contribution is 2.14. The first kappa shape index (κ1) is 10.6. The van der Waals surface area contributed by atoms with Gasteiger partial charge in [0.25, 0.3) is 0 Å². The van der Waals surface area contributed by atoms with Crippen LogP contribution in [-0.2, 0) is 13.0 Å². The Hall–Kier alpha value is -1.52. The molecule has 0 saturated carbocycles. The van der Waals surface area contributed by atoms with E-state index < -0.39 is 0 Å². The van der Waals surface area contributed by atoms with Crippen LogP contribution in [0.2, 0.25) is 0 Å². The molecule has 1 aromatic heterocycles. The lowest BCUT2D eigenvalue weighted by Gasteiger charge is -2.26. The fourth-order valence-electron chi connectivity index (χ4n) is 2.66. The molecule has 1 unspecified atom stereocenters. The van der Waals surface area contributed by atoms with Crippen LogP contribution in [0.25, 0.3) is 0 Å². The molecule has 17 heavy (non-hydrogen) atoms. The van der Waals surface area contributed by atoms with Crippen molar-refractivity contribution in [3.8, 4) is 0 Å². The Morgan fingerprint density at radius 2 is 2.18 bits per heavy atom. The molecule has 1 saturated heterocycles. The molecule has 1 aromatic rings. The third-order valence-corrected chi connectivity index (χ3v) is 3.67. The zero-order valence-corrected chi connectivity index (χ0v) is 9.93. The van der Waals surface area contributed by atoms with Crippen LogP contribution < -0.4 is 5.32 Å². The second-order valence-corrected chi connectivity index (χ2v) is 4.87. The number of nitrogens with zero attached hydrogens (tertiary/aromatic N) is 3. The van der Waals surface area contributed by atoms with Crippen LogP contribution in [0.1, 0.15) is 25.1 Å². The van der Waals surface area contributed by atoms with Gasteiger partial charge < -0.3 is 14.8 Å². The number of carbonyl (C=O) groups is 1. The van der Waals surface area contributed by atoms with Gasteiger partial charge in [-0.2, -0.15) is 0 Å². The van der Waals surface area contributed by atoms with Gasteiger partial charge in [0.1, 0.15) is 5.82 Å². The van der Waals surface area contributed by atoms with E-state index in [4.69, 9.17) is 0 Å². The van der Waals surface area contributed by atoms with Crippen molar-refractivity contribution in [1.82, 2.24) is 19.8 Å². The predicted molar refractivity (Wildman–Crippen MR) is 63.7 cm³/mol. The molecule has 0 spiro atoms. The number of amides is 2. The van der Waals surface area contributed by atoms with Crippen LogP contribution in [-0.4, -0.2) is 39.6 Å². The van der Waals surface area contributed by atoms with Gasteiger partial charge in [-0.25, -0.2) is 9.78 Å². The maximum Gasteiger partial charge on any atom is 0.317 e. The van der Waals surface area contributed by atoms with Gasteiger partial charge >= 0.3 is 6.03 Å². The summed E-state index contributed by atoms with van der Waals surface area (Å²) in [6, 6.07) is 0.352. The number of aryl methyl sites for hydroxylation is 1. The van der Waals surface area contributed by atoms with E-state index in [1.165, 1.54) is 0 Å². The average molecular weight is 234 g/mol. The molecule has 2 amide bonds. The van der Waals surface area contributed by atoms with E-state index in [0.717, 1.165) is 51.1 Å². The number of urea groups is 1. The number of hydrogen-bond donors (Lipinski definition) is 1. The topological polar surface area (TPSA) is 50.2 Å². The SMILES string of the molecule is O=C(NC1CCn2ccnc2C1)N1CCCC1. The normalized spacial score (nSPS) is 23.5. The van der Waals surface area contributed by atoms with E-state index in [-0.39, 0.29) is 12.1 Å². The molecule has 92 valence electrons. The van der Waals surface area contributed by atoms with Crippen molar-refractivity contribution in [1.29, 1.82) is 0 Å². The minimum atomic E-state index is 0.104. The summed E-state index contributed by atoms with van der Waals surface area (Å²) >= 11 is 0. The maximum atomic E-state index is 12.0. The smallest absolute Gasteiger partial charge is 0.317 e. The Kier molecular flexibility index (Phi) is 2.74. The minimum absolute atomic E-state index is 0.104. The van der Waals surface area contributed by atoms with E-state index in [1.807, 2.05) is 17.3 Å². The number of aromatic nitrogens is 2. The lowest BCUT2D eigenvalue weighted by molar-refractivity contribution is 0.201. The number of nitrogens with one attached hydrogen (secondary N) is 1. The number of hydrogen-bond acceptors (Lipinski definition) is 2. The molecule has 3 heterocycles. The monoisotopic (exact) mass is 234 g/mol. The summed E-state index contributed by atoms with van der Waals surface area (Å²) in [4.78, 5) is 18.2. The molecule has 0 radical (unpaired) electrons. The van der Waals surface area contributed by atoms with Crippen LogP contribution in [0.3, 0.4) is 0 Å². The molecule has 2 aliphatic heterocycles. The first-order valence-electron chi connectivity index (χ1n) is 6.38. The standard InChI is InChI=1S/C12H18N4O/c17-12(16-5-1-2-6-16)14-10-3-7-15-8-4-13-11(15)9-10/h4,8,10H,1-3,5-7,9H2,(H,14,17). The van der Waals surface area contributed by atoms with Gasteiger partial charge in [-0.15, -0.1) is 0 Å². The van der Waals surface area contributed by atoms with Crippen molar-refractivity contribution in [2.24, 2.45) is 0 Å². The molecule has 1 N–H and O–H groups in total. The summed E-state index contributed by atoms with van der Waals surface area (Å²) in [5, 5.41) is 3.13. The van der Waals surface area contributed by atoms with Crippen molar-refractivity contribution >= 4 is 6.03 Å². The fourth-order valence-corrected chi connectivity index (χ4v) is 2.66. The highest BCUT2D eigenvalue weighted by atomic mass is 16.2. The molecule has 2 aliphatic rings. The van der Waals surface area contributed by atoms with Gasteiger partial charge in [-0.1, -0.05) is 0 Å². The van der Waals surface area contributed by atoms with Crippen LogP contribution in [0, 0.1) is 0 Å². The van der Waals surface area contributed by atoms with Gasteiger partial charge in [0.05, 0.1) is 0 Å². The maximum absolute atomic E-state index is 12.0. The molecule has 0 bridgehead atoms. The number of fused-ring (bicyclic) bond motifs is 1. The number of carbonyl (C=O) groups excluding carboxylic acids is 1. The zero-order chi connectivity index (χ0) is 11.7. The van der Waals surface area contributed by atoms with Gasteiger partial charge in [0, 0.05) is 44.5 Å². The third kappa shape index (κ3) is 2.14. The van der Waals surface area contributed by atoms with E-state index in [2.05, 4.69) is 14.9 Å². The predicted octanol–water partition coefficient (Wildman–Crippen LogP) is 1.00. The number of imidazole rings is 1. The minimum Gasteiger partial charge on any atom is -0.335 e. The Balaban J connectivity index is 1.58. The van der Waals surface area contributed by atoms with Crippen molar-refractivity contribution in [2.45, 2.75) is 38.3 Å². The molecule has 0 aliphatic carbocycles. The van der Waals surface area contributed by atoms with Crippen molar-refractivity contribution in [3.05, 3.63) is 18.2 Å². The number of likely N-dealkylation sites (tertiary alicyclic amines) is 1. The Morgan fingerprint density at radius 3 is 3.00 bits per heavy atom. The molecule has 0 aromatic carbocycles. The molecular formula is C12H18N4O. The number of rotatable bonds is 1. The fraction of sp³-hybridized carbons (Fsp3) is 0.667. The molecule has 5 nitrogen and oxygen atoms in total. The van der Waals surface area contributed by atoms with Crippen LogP contribution in [0.5, 0.6) is 0 Å². The van der Waals surface area contributed by atoms with Gasteiger partial charge in [-0.05, 0) is 19.3 Å². The molecular weight excluding hydrogens is 216 g/mol. The zero-order valence-electron chi connectivity index (χ0n) is 9.93.